The highest BCUT2D eigenvalue weighted by Gasteiger charge is 2.19. The highest BCUT2D eigenvalue weighted by Crippen LogP contribution is 2.32. The fraction of sp³-hybridized carbons (Fsp3) is 0.400. The summed E-state index contributed by atoms with van der Waals surface area (Å²) < 4.78 is 7.70. The van der Waals surface area contributed by atoms with Crippen molar-refractivity contribution in [2.45, 2.75) is 32.4 Å². The monoisotopic (exact) mass is 257 g/mol. The lowest BCUT2D eigenvalue weighted by molar-refractivity contribution is 0.294. The minimum Gasteiger partial charge on any atom is -0.487 e. The van der Waals surface area contributed by atoms with E-state index in [1.54, 1.807) is 0 Å². The molecule has 0 bridgehead atoms. The van der Waals surface area contributed by atoms with Gasteiger partial charge in [0.2, 0.25) is 0 Å². The Kier molecular flexibility index (Phi) is 3.03. The van der Waals surface area contributed by atoms with Gasteiger partial charge in [0.1, 0.15) is 12.4 Å². The molecule has 1 aliphatic rings. The molecule has 19 heavy (non-hydrogen) atoms. The van der Waals surface area contributed by atoms with Crippen LogP contribution in [-0.4, -0.2) is 9.78 Å². The summed E-state index contributed by atoms with van der Waals surface area (Å²) >= 11 is 0. The van der Waals surface area contributed by atoms with E-state index in [4.69, 9.17) is 10.5 Å². The number of nitrogens with two attached hydrogens (primary N) is 1. The predicted molar refractivity (Wildman–Crippen MR) is 74.0 cm³/mol. The third kappa shape index (κ3) is 2.36. The molecule has 0 saturated heterocycles. The zero-order valence-electron chi connectivity index (χ0n) is 11.4. The molecule has 0 saturated carbocycles. The summed E-state index contributed by atoms with van der Waals surface area (Å²) in [6, 6.07) is 8.46. The summed E-state index contributed by atoms with van der Waals surface area (Å²) in [5, 5.41) is 4.31. The molecular weight excluding hydrogens is 238 g/mol. The van der Waals surface area contributed by atoms with Gasteiger partial charge < -0.3 is 10.5 Å². The third-order valence-electron chi connectivity index (χ3n) is 3.72. The second-order valence-corrected chi connectivity index (χ2v) is 5.20. The summed E-state index contributed by atoms with van der Waals surface area (Å²) in [5.74, 6) is 0.909. The first-order valence-electron chi connectivity index (χ1n) is 6.64. The summed E-state index contributed by atoms with van der Waals surface area (Å²) in [5.41, 5.74) is 10.7. The van der Waals surface area contributed by atoms with E-state index in [9.17, 15) is 0 Å². The molecule has 0 unspecified atom stereocenters. The summed E-state index contributed by atoms with van der Waals surface area (Å²) in [4.78, 5) is 0. The number of aryl methyl sites for hydroxylation is 3. The van der Waals surface area contributed by atoms with Gasteiger partial charge in [0.05, 0.1) is 11.4 Å². The number of benzene rings is 1. The van der Waals surface area contributed by atoms with Gasteiger partial charge in [-0.2, -0.15) is 5.10 Å². The summed E-state index contributed by atoms with van der Waals surface area (Å²) in [6.45, 7) is 2.53. The van der Waals surface area contributed by atoms with Crippen molar-refractivity contribution in [3.8, 4) is 5.75 Å². The predicted octanol–water partition coefficient (Wildman–Crippen LogP) is 2.25. The second kappa shape index (κ2) is 4.70. The van der Waals surface area contributed by atoms with Crippen LogP contribution in [-0.2, 0) is 20.1 Å². The lowest BCUT2D eigenvalue weighted by atomic mass is 10.1. The van der Waals surface area contributed by atoms with Crippen molar-refractivity contribution in [3.63, 3.8) is 0 Å². The van der Waals surface area contributed by atoms with Crippen LogP contribution in [0, 0.1) is 6.92 Å². The van der Waals surface area contributed by atoms with Crippen LogP contribution in [0.4, 0.5) is 0 Å². The van der Waals surface area contributed by atoms with Crippen LogP contribution in [0.15, 0.2) is 24.3 Å². The molecule has 1 atom stereocenters. The Hall–Kier alpha value is -1.81. The maximum absolute atomic E-state index is 6.03. The molecule has 3 rings (SSSR count). The fourth-order valence-electron chi connectivity index (χ4n) is 2.67. The summed E-state index contributed by atoms with van der Waals surface area (Å²) in [6.07, 6.45) is 2.10. The Balaban J connectivity index is 1.73. The van der Waals surface area contributed by atoms with Crippen molar-refractivity contribution in [1.82, 2.24) is 9.78 Å². The topological polar surface area (TPSA) is 53.1 Å². The molecule has 0 radical (unpaired) electrons. The average Bonchev–Trinajstić information content (AvgIpc) is 2.90. The first-order valence-corrected chi connectivity index (χ1v) is 6.64. The lowest BCUT2D eigenvalue weighted by Gasteiger charge is -2.09. The lowest BCUT2D eigenvalue weighted by Crippen LogP contribution is -2.05. The molecular formula is C15H19N3O. The number of fused-ring (bicyclic) bond motifs is 1. The quantitative estimate of drug-likeness (QED) is 0.917. The number of nitrogens with zero attached hydrogens (tertiary/aromatic N) is 2. The Bertz CT molecular complexity index is 603. The van der Waals surface area contributed by atoms with Gasteiger partial charge in [-0.15, -0.1) is 0 Å². The molecule has 1 aromatic carbocycles. The molecule has 0 fully saturated rings. The Morgan fingerprint density at radius 1 is 1.42 bits per heavy atom. The molecule has 1 aromatic heterocycles. The van der Waals surface area contributed by atoms with E-state index >= 15 is 0 Å². The number of aromatic nitrogens is 2. The standard InChI is InChI=1S/C15H19N3O/c1-10-7-12(18(2)17-10)9-19-13-4-5-14-11(8-13)3-6-15(14)16/h4-5,7-8,15H,3,6,9,16H2,1-2H3/t15-/m1/s1. The molecule has 2 N–H and O–H groups in total. The van der Waals surface area contributed by atoms with Crippen molar-refractivity contribution < 1.29 is 4.74 Å². The van der Waals surface area contributed by atoms with E-state index in [2.05, 4.69) is 17.2 Å². The van der Waals surface area contributed by atoms with E-state index < -0.39 is 0 Å². The van der Waals surface area contributed by atoms with Crippen LogP contribution in [0.25, 0.3) is 0 Å². The second-order valence-electron chi connectivity index (χ2n) is 5.20. The van der Waals surface area contributed by atoms with Crippen LogP contribution in [0.5, 0.6) is 5.75 Å². The maximum Gasteiger partial charge on any atom is 0.130 e. The summed E-state index contributed by atoms with van der Waals surface area (Å²) in [7, 11) is 1.94. The third-order valence-corrected chi connectivity index (χ3v) is 3.72. The van der Waals surface area contributed by atoms with Crippen LogP contribution in [0.2, 0.25) is 0 Å². The normalized spacial score (nSPS) is 17.5. The van der Waals surface area contributed by atoms with Crippen molar-refractivity contribution in [2.75, 3.05) is 0 Å². The highest BCUT2D eigenvalue weighted by atomic mass is 16.5. The smallest absolute Gasteiger partial charge is 0.130 e. The Morgan fingerprint density at radius 2 is 2.26 bits per heavy atom. The molecule has 0 amide bonds. The van der Waals surface area contributed by atoms with Gasteiger partial charge in [0.25, 0.3) is 0 Å². The van der Waals surface area contributed by atoms with Crippen LogP contribution in [0.1, 0.15) is 35.0 Å². The minimum atomic E-state index is 0.198. The van der Waals surface area contributed by atoms with Gasteiger partial charge >= 0.3 is 0 Å². The van der Waals surface area contributed by atoms with Gasteiger partial charge in [0.15, 0.2) is 0 Å². The molecule has 1 heterocycles. The van der Waals surface area contributed by atoms with Gasteiger partial charge in [-0.3, -0.25) is 4.68 Å². The van der Waals surface area contributed by atoms with E-state index in [1.807, 2.05) is 30.8 Å². The molecule has 0 spiro atoms. The van der Waals surface area contributed by atoms with Gasteiger partial charge in [-0.05, 0) is 49.1 Å². The molecule has 2 aromatic rings. The average molecular weight is 257 g/mol. The minimum absolute atomic E-state index is 0.198. The molecule has 4 nitrogen and oxygen atoms in total. The van der Waals surface area contributed by atoms with Crippen LogP contribution >= 0.6 is 0 Å². The van der Waals surface area contributed by atoms with Crippen molar-refractivity contribution >= 4 is 0 Å². The van der Waals surface area contributed by atoms with Crippen LogP contribution < -0.4 is 10.5 Å². The number of rotatable bonds is 3. The van der Waals surface area contributed by atoms with Crippen molar-refractivity contribution in [2.24, 2.45) is 12.8 Å². The van der Waals surface area contributed by atoms with Gasteiger partial charge in [-0.25, -0.2) is 0 Å². The zero-order valence-corrected chi connectivity index (χ0v) is 11.4. The van der Waals surface area contributed by atoms with Crippen molar-refractivity contribution in [1.29, 1.82) is 0 Å². The van der Waals surface area contributed by atoms with Gasteiger partial charge in [0, 0.05) is 13.1 Å². The first-order chi connectivity index (χ1) is 9.13. The van der Waals surface area contributed by atoms with E-state index in [0.717, 1.165) is 30.0 Å². The Morgan fingerprint density at radius 3 is 3.00 bits per heavy atom. The molecule has 4 heteroatoms. The zero-order chi connectivity index (χ0) is 13.4. The van der Waals surface area contributed by atoms with E-state index in [0.29, 0.717) is 6.61 Å². The van der Waals surface area contributed by atoms with Gasteiger partial charge in [-0.1, -0.05) is 6.07 Å². The number of hydrogen-bond acceptors (Lipinski definition) is 3. The van der Waals surface area contributed by atoms with Crippen molar-refractivity contribution in [3.05, 3.63) is 46.8 Å². The fourth-order valence-corrected chi connectivity index (χ4v) is 2.67. The first kappa shape index (κ1) is 12.2. The Labute approximate surface area is 113 Å². The molecule has 0 aliphatic heterocycles. The SMILES string of the molecule is Cc1cc(COc2ccc3c(c2)CC[C@H]3N)n(C)n1. The van der Waals surface area contributed by atoms with E-state index in [1.165, 1.54) is 11.1 Å². The largest absolute Gasteiger partial charge is 0.487 e. The number of hydrogen-bond donors (Lipinski definition) is 1. The molecule has 100 valence electrons. The van der Waals surface area contributed by atoms with E-state index in [-0.39, 0.29) is 6.04 Å². The maximum atomic E-state index is 6.03. The van der Waals surface area contributed by atoms with Crippen LogP contribution in [0.3, 0.4) is 0 Å². The number of ether oxygens (including phenoxy) is 1. The highest BCUT2D eigenvalue weighted by molar-refractivity contribution is 5.40. The molecule has 1 aliphatic carbocycles.